The van der Waals surface area contributed by atoms with Gasteiger partial charge in [0.15, 0.2) is 0 Å². The maximum Gasteiger partial charge on any atom is 0.341 e. The highest BCUT2D eigenvalue weighted by atomic mass is 16.4. The van der Waals surface area contributed by atoms with Gasteiger partial charge in [0.1, 0.15) is 5.56 Å². The quantitative estimate of drug-likeness (QED) is 0.626. The SMILES string of the molecule is [2H]C([2H])([2H])n1cccc(C(=O)O)c1=O. The van der Waals surface area contributed by atoms with Crippen molar-refractivity contribution in [2.75, 3.05) is 0 Å². The molecule has 11 heavy (non-hydrogen) atoms. The van der Waals surface area contributed by atoms with E-state index in [2.05, 4.69) is 0 Å². The molecule has 0 aliphatic carbocycles. The van der Waals surface area contributed by atoms with E-state index in [-0.39, 0.29) is 0 Å². The molecule has 1 N–H and O–H groups in total. The Morgan fingerprint density at radius 2 is 2.55 bits per heavy atom. The van der Waals surface area contributed by atoms with Crippen LogP contribution in [0.1, 0.15) is 14.5 Å². The predicted molar refractivity (Wildman–Crippen MR) is 38.6 cm³/mol. The second kappa shape index (κ2) is 2.57. The lowest BCUT2D eigenvalue weighted by molar-refractivity contribution is 0.0694. The summed E-state index contributed by atoms with van der Waals surface area (Å²) in [4.78, 5) is 21.8. The topological polar surface area (TPSA) is 59.3 Å². The Balaban J connectivity index is 3.44. The van der Waals surface area contributed by atoms with E-state index in [1.165, 1.54) is 6.07 Å². The molecule has 0 unspecified atom stereocenters. The summed E-state index contributed by atoms with van der Waals surface area (Å²) >= 11 is 0. The van der Waals surface area contributed by atoms with E-state index < -0.39 is 24.1 Å². The van der Waals surface area contributed by atoms with Crippen molar-refractivity contribution in [1.29, 1.82) is 0 Å². The van der Waals surface area contributed by atoms with Crippen molar-refractivity contribution in [3.05, 3.63) is 34.2 Å². The van der Waals surface area contributed by atoms with Crippen LogP contribution >= 0.6 is 0 Å². The van der Waals surface area contributed by atoms with Gasteiger partial charge in [0.2, 0.25) is 0 Å². The minimum Gasteiger partial charge on any atom is -0.477 e. The largest absolute Gasteiger partial charge is 0.477 e. The van der Waals surface area contributed by atoms with Gasteiger partial charge in [-0.1, -0.05) is 0 Å². The van der Waals surface area contributed by atoms with E-state index in [1.54, 1.807) is 0 Å². The second-order valence-electron chi connectivity index (χ2n) is 1.90. The van der Waals surface area contributed by atoms with Crippen LogP contribution < -0.4 is 5.56 Å². The monoisotopic (exact) mass is 156 g/mol. The van der Waals surface area contributed by atoms with Crippen LogP contribution in [0.15, 0.2) is 23.1 Å². The summed E-state index contributed by atoms with van der Waals surface area (Å²) in [7, 11) is 0. The van der Waals surface area contributed by atoms with Crippen molar-refractivity contribution in [1.82, 2.24) is 4.57 Å². The van der Waals surface area contributed by atoms with Gasteiger partial charge in [0, 0.05) is 17.3 Å². The van der Waals surface area contributed by atoms with Crippen molar-refractivity contribution < 1.29 is 14.0 Å². The zero-order valence-corrected chi connectivity index (χ0v) is 5.44. The molecule has 1 heterocycles. The molecule has 0 aromatic carbocycles. The van der Waals surface area contributed by atoms with Gasteiger partial charge in [-0.05, 0) is 12.1 Å². The van der Waals surface area contributed by atoms with Crippen LogP contribution in [-0.4, -0.2) is 15.6 Å². The first-order chi connectivity index (χ1) is 6.34. The molecule has 0 amide bonds. The van der Waals surface area contributed by atoms with Crippen LogP contribution in [0.3, 0.4) is 0 Å². The Bertz CT molecular complexity index is 421. The Kier molecular flexibility index (Phi) is 1.01. The minimum absolute atomic E-state index is 0.413. The molecule has 4 heteroatoms. The van der Waals surface area contributed by atoms with Crippen LogP contribution in [0.5, 0.6) is 0 Å². The summed E-state index contributed by atoms with van der Waals surface area (Å²) < 4.78 is 21.3. The van der Waals surface area contributed by atoms with E-state index in [4.69, 9.17) is 9.22 Å². The van der Waals surface area contributed by atoms with Gasteiger partial charge in [-0.25, -0.2) is 4.79 Å². The Morgan fingerprint density at radius 1 is 1.82 bits per heavy atom. The summed E-state index contributed by atoms with van der Waals surface area (Å²) in [5.74, 6) is -1.44. The van der Waals surface area contributed by atoms with Gasteiger partial charge < -0.3 is 9.67 Å². The average molecular weight is 156 g/mol. The predicted octanol–water partition coefficient (Wildman–Crippen LogP) is 0.0835. The summed E-state index contributed by atoms with van der Waals surface area (Å²) in [5.41, 5.74) is -1.58. The molecular weight excluding hydrogens is 146 g/mol. The zero-order chi connectivity index (χ0) is 10.9. The summed E-state index contributed by atoms with van der Waals surface area (Å²) in [5, 5.41) is 8.56. The Morgan fingerprint density at radius 3 is 3.09 bits per heavy atom. The highest BCUT2D eigenvalue weighted by molar-refractivity contribution is 5.86. The third-order valence-electron chi connectivity index (χ3n) is 1.18. The van der Waals surface area contributed by atoms with Crippen molar-refractivity contribution >= 4 is 5.97 Å². The van der Waals surface area contributed by atoms with Crippen molar-refractivity contribution in [2.45, 2.75) is 0 Å². The fourth-order valence-corrected chi connectivity index (χ4v) is 0.657. The van der Waals surface area contributed by atoms with Crippen molar-refractivity contribution in [3.8, 4) is 0 Å². The molecular formula is C7H7NO3. The molecule has 0 atom stereocenters. The Hall–Kier alpha value is -1.58. The first-order valence-electron chi connectivity index (χ1n) is 4.29. The second-order valence-corrected chi connectivity index (χ2v) is 1.90. The fraction of sp³-hybridized carbons (Fsp3) is 0.143. The maximum absolute atomic E-state index is 11.3. The first-order valence-corrected chi connectivity index (χ1v) is 2.79. The molecule has 0 spiro atoms. The number of carbonyl (C=O) groups is 1. The summed E-state index contributed by atoms with van der Waals surface area (Å²) in [6, 6.07) is 2.27. The lowest BCUT2D eigenvalue weighted by Gasteiger charge is -1.96. The first kappa shape index (κ1) is 4.33. The zero-order valence-electron chi connectivity index (χ0n) is 8.44. The molecule has 0 fully saturated rings. The van der Waals surface area contributed by atoms with Crippen molar-refractivity contribution in [3.63, 3.8) is 0 Å². The lowest BCUT2D eigenvalue weighted by Crippen LogP contribution is -2.22. The smallest absolute Gasteiger partial charge is 0.341 e. The highest BCUT2D eigenvalue weighted by Gasteiger charge is 2.07. The number of pyridine rings is 1. The number of carboxylic acids is 1. The molecule has 1 aromatic heterocycles. The van der Waals surface area contributed by atoms with Crippen molar-refractivity contribution in [2.24, 2.45) is 6.98 Å². The van der Waals surface area contributed by atoms with E-state index in [1.807, 2.05) is 0 Å². The molecule has 0 aliphatic heterocycles. The number of hydrogen-bond donors (Lipinski definition) is 1. The molecule has 1 aromatic rings. The number of rotatable bonds is 1. The van der Waals surface area contributed by atoms with Crippen LogP contribution in [0.2, 0.25) is 0 Å². The molecule has 1 rings (SSSR count). The van der Waals surface area contributed by atoms with Gasteiger partial charge in [0.25, 0.3) is 5.56 Å². The van der Waals surface area contributed by atoms with Gasteiger partial charge in [-0.3, -0.25) is 4.79 Å². The fourth-order valence-electron chi connectivity index (χ4n) is 0.657. The number of carboxylic acid groups (broad SMARTS) is 1. The highest BCUT2D eigenvalue weighted by Crippen LogP contribution is 1.89. The number of aromatic nitrogens is 1. The minimum atomic E-state index is -2.65. The third-order valence-corrected chi connectivity index (χ3v) is 1.18. The van der Waals surface area contributed by atoms with E-state index in [0.29, 0.717) is 4.57 Å². The molecule has 0 saturated carbocycles. The van der Waals surface area contributed by atoms with Crippen LogP contribution in [0.4, 0.5) is 0 Å². The lowest BCUT2D eigenvalue weighted by atomic mass is 10.3. The number of aryl methyl sites for hydroxylation is 1. The van der Waals surface area contributed by atoms with Gasteiger partial charge in [-0.15, -0.1) is 0 Å². The molecule has 0 bridgehead atoms. The normalized spacial score (nSPS) is 14.7. The van der Waals surface area contributed by atoms with Crippen LogP contribution in [-0.2, 0) is 6.98 Å². The molecule has 0 saturated heterocycles. The third kappa shape index (κ3) is 1.29. The van der Waals surface area contributed by atoms with Crippen LogP contribution in [0, 0.1) is 0 Å². The van der Waals surface area contributed by atoms with E-state index in [0.717, 1.165) is 12.3 Å². The van der Waals surface area contributed by atoms with Gasteiger partial charge in [0.05, 0.1) is 0 Å². The molecule has 58 valence electrons. The van der Waals surface area contributed by atoms with E-state index >= 15 is 0 Å². The average Bonchev–Trinajstić information content (AvgIpc) is 2.01. The summed E-state index contributed by atoms with van der Waals surface area (Å²) in [6.07, 6.45) is 1.03. The Labute approximate surface area is 66.9 Å². The number of hydrogen-bond acceptors (Lipinski definition) is 2. The van der Waals surface area contributed by atoms with E-state index in [9.17, 15) is 9.59 Å². The number of aromatic carboxylic acids is 1. The standard InChI is InChI=1S/C7H7NO3/c1-8-4-2-3-5(6(8)9)7(10)11/h2-4H,1H3,(H,10,11)/i1D3. The molecule has 0 aliphatic rings. The summed E-state index contributed by atoms with van der Waals surface area (Å²) in [6.45, 7) is -2.65. The number of nitrogens with zero attached hydrogens (tertiary/aromatic N) is 1. The molecule has 0 radical (unpaired) electrons. The maximum atomic E-state index is 11.3. The van der Waals surface area contributed by atoms with Crippen LogP contribution in [0.25, 0.3) is 0 Å². The molecule has 4 nitrogen and oxygen atoms in total. The van der Waals surface area contributed by atoms with Gasteiger partial charge >= 0.3 is 5.97 Å². The van der Waals surface area contributed by atoms with Gasteiger partial charge in [-0.2, -0.15) is 0 Å².